The number of aliphatic hydroxyl groups excluding tert-OH is 1. The van der Waals surface area contributed by atoms with Gasteiger partial charge in [-0.3, -0.25) is 4.79 Å². The minimum absolute atomic E-state index is 0.0395. The van der Waals surface area contributed by atoms with E-state index in [9.17, 15) is 13.2 Å². The molecule has 1 aromatic heterocycles. The molecular formula is C10H14N2O5S. The van der Waals surface area contributed by atoms with Crippen molar-refractivity contribution in [3.8, 4) is 0 Å². The summed E-state index contributed by atoms with van der Waals surface area (Å²) >= 11 is 0. The van der Waals surface area contributed by atoms with E-state index in [1.807, 2.05) is 0 Å². The topological polar surface area (TPSA) is 91.1 Å². The largest absolute Gasteiger partial charge is 0.438 e. The molecule has 1 amide bonds. The molecule has 0 spiro atoms. The fourth-order valence-corrected chi connectivity index (χ4v) is 2.33. The number of sulfonamides is 1. The molecular weight excluding hydrogens is 260 g/mol. The number of amides is 1. The summed E-state index contributed by atoms with van der Waals surface area (Å²) in [6.07, 6.45) is -0.506. The lowest BCUT2D eigenvalue weighted by atomic mass is 10.1. The van der Waals surface area contributed by atoms with Gasteiger partial charge in [0.2, 0.25) is 5.09 Å². The Morgan fingerprint density at radius 3 is 2.56 bits per heavy atom. The van der Waals surface area contributed by atoms with Gasteiger partial charge in [0, 0.05) is 27.2 Å². The summed E-state index contributed by atoms with van der Waals surface area (Å²) in [6, 6.07) is 2.57. The number of carbonyl (C=O) groups is 1. The van der Waals surface area contributed by atoms with Gasteiger partial charge >= 0.3 is 0 Å². The average molecular weight is 274 g/mol. The van der Waals surface area contributed by atoms with E-state index in [1.165, 1.54) is 31.1 Å². The molecule has 2 heterocycles. The SMILES string of the molecule is CN(C)S(=O)(=O)c1ccc(C(=O)N2CC(O)C2)o1. The monoisotopic (exact) mass is 274 g/mol. The van der Waals surface area contributed by atoms with Crippen molar-refractivity contribution in [2.75, 3.05) is 27.2 Å². The number of rotatable bonds is 3. The number of nitrogens with zero attached hydrogens (tertiary/aromatic N) is 2. The number of likely N-dealkylation sites (tertiary alicyclic amines) is 1. The van der Waals surface area contributed by atoms with Gasteiger partial charge in [-0.05, 0) is 12.1 Å². The first-order chi connectivity index (χ1) is 8.32. The van der Waals surface area contributed by atoms with Crippen molar-refractivity contribution in [3.05, 3.63) is 17.9 Å². The van der Waals surface area contributed by atoms with E-state index in [1.54, 1.807) is 0 Å². The molecule has 0 unspecified atom stereocenters. The Morgan fingerprint density at radius 1 is 1.44 bits per heavy atom. The molecule has 2 rings (SSSR count). The first kappa shape index (κ1) is 13.1. The van der Waals surface area contributed by atoms with E-state index in [0.717, 1.165) is 4.31 Å². The zero-order valence-corrected chi connectivity index (χ0v) is 10.8. The summed E-state index contributed by atoms with van der Waals surface area (Å²) in [7, 11) is -0.908. The summed E-state index contributed by atoms with van der Waals surface area (Å²) in [5, 5.41) is 8.83. The molecule has 1 N–H and O–H groups in total. The van der Waals surface area contributed by atoms with Gasteiger partial charge in [0.1, 0.15) is 0 Å². The molecule has 0 saturated carbocycles. The normalized spacial score (nSPS) is 17.0. The van der Waals surface area contributed by atoms with Gasteiger partial charge in [-0.25, -0.2) is 12.7 Å². The molecule has 1 aromatic rings. The second-order valence-electron chi connectivity index (χ2n) is 4.27. The van der Waals surface area contributed by atoms with E-state index in [4.69, 9.17) is 9.52 Å². The third kappa shape index (κ3) is 2.14. The predicted molar refractivity (Wildman–Crippen MR) is 61.5 cm³/mol. The number of carbonyl (C=O) groups excluding carboxylic acids is 1. The highest BCUT2D eigenvalue weighted by Crippen LogP contribution is 2.20. The Bertz CT molecular complexity index is 557. The maximum Gasteiger partial charge on any atom is 0.289 e. The molecule has 7 nitrogen and oxygen atoms in total. The van der Waals surface area contributed by atoms with Crippen LogP contribution in [0.3, 0.4) is 0 Å². The van der Waals surface area contributed by atoms with E-state index >= 15 is 0 Å². The highest BCUT2D eigenvalue weighted by Gasteiger charge is 2.32. The summed E-state index contributed by atoms with van der Waals surface area (Å²) in [5.74, 6) is -0.456. The van der Waals surface area contributed by atoms with Crippen LogP contribution in [0.25, 0.3) is 0 Å². The zero-order valence-electron chi connectivity index (χ0n) is 10.0. The zero-order chi connectivity index (χ0) is 13.5. The van der Waals surface area contributed by atoms with Crippen molar-refractivity contribution >= 4 is 15.9 Å². The molecule has 100 valence electrons. The Morgan fingerprint density at radius 2 is 2.06 bits per heavy atom. The third-order valence-corrected chi connectivity index (χ3v) is 4.37. The van der Waals surface area contributed by atoms with Crippen molar-refractivity contribution in [1.29, 1.82) is 0 Å². The lowest BCUT2D eigenvalue weighted by Crippen LogP contribution is -2.53. The van der Waals surface area contributed by atoms with Crippen LogP contribution in [-0.4, -0.2) is 61.9 Å². The molecule has 8 heteroatoms. The van der Waals surface area contributed by atoms with Crippen molar-refractivity contribution in [3.63, 3.8) is 0 Å². The van der Waals surface area contributed by atoms with Crippen LogP contribution in [-0.2, 0) is 10.0 Å². The quantitative estimate of drug-likeness (QED) is 0.790. The second kappa shape index (κ2) is 4.38. The highest BCUT2D eigenvalue weighted by atomic mass is 32.2. The number of furan rings is 1. The molecule has 0 bridgehead atoms. The van der Waals surface area contributed by atoms with Crippen LogP contribution >= 0.6 is 0 Å². The van der Waals surface area contributed by atoms with Crippen LogP contribution in [0.1, 0.15) is 10.6 Å². The van der Waals surface area contributed by atoms with Crippen molar-refractivity contribution < 1.29 is 22.7 Å². The number of hydrogen-bond donors (Lipinski definition) is 1. The lowest BCUT2D eigenvalue weighted by Gasteiger charge is -2.35. The van der Waals surface area contributed by atoms with Crippen LogP contribution < -0.4 is 0 Å². The maximum absolute atomic E-state index is 11.8. The summed E-state index contributed by atoms with van der Waals surface area (Å²) in [5.41, 5.74) is 0. The Hall–Kier alpha value is -1.38. The minimum Gasteiger partial charge on any atom is -0.438 e. The molecule has 0 aromatic carbocycles. The van der Waals surface area contributed by atoms with Gasteiger partial charge in [-0.1, -0.05) is 0 Å². The third-order valence-electron chi connectivity index (χ3n) is 2.68. The molecule has 0 aliphatic carbocycles. The fraction of sp³-hybridized carbons (Fsp3) is 0.500. The molecule has 1 fully saturated rings. The smallest absolute Gasteiger partial charge is 0.289 e. The fourth-order valence-electron chi connectivity index (χ4n) is 1.53. The van der Waals surface area contributed by atoms with Crippen molar-refractivity contribution in [1.82, 2.24) is 9.21 Å². The molecule has 18 heavy (non-hydrogen) atoms. The molecule has 0 radical (unpaired) electrons. The van der Waals surface area contributed by atoms with E-state index in [-0.39, 0.29) is 23.9 Å². The van der Waals surface area contributed by atoms with Crippen LogP contribution in [0, 0.1) is 0 Å². The van der Waals surface area contributed by atoms with Gasteiger partial charge in [0.25, 0.3) is 15.9 Å². The van der Waals surface area contributed by atoms with Crippen LogP contribution in [0.15, 0.2) is 21.6 Å². The van der Waals surface area contributed by atoms with Crippen LogP contribution in [0.5, 0.6) is 0 Å². The van der Waals surface area contributed by atoms with Gasteiger partial charge < -0.3 is 14.4 Å². The van der Waals surface area contributed by atoms with E-state index < -0.39 is 22.0 Å². The Labute approximate surface area is 105 Å². The summed E-state index contributed by atoms with van der Waals surface area (Å²) < 4.78 is 29.5. The highest BCUT2D eigenvalue weighted by molar-refractivity contribution is 7.88. The number of hydrogen-bond acceptors (Lipinski definition) is 5. The van der Waals surface area contributed by atoms with Crippen LogP contribution in [0.2, 0.25) is 0 Å². The lowest BCUT2D eigenvalue weighted by molar-refractivity contribution is 0.00361. The molecule has 0 atom stereocenters. The van der Waals surface area contributed by atoms with Gasteiger partial charge in [-0.2, -0.15) is 0 Å². The van der Waals surface area contributed by atoms with Crippen molar-refractivity contribution in [2.45, 2.75) is 11.2 Å². The number of β-amino-alcohol motifs (C(OH)–C–C–N with tert-alkyl or cyclic N) is 1. The molecule has 1 saturated heterocycles. The van der Waals surface area contributed by atoms with Gasteiger partial charge in [0.05, 0.1) is 6.10 Å². The predicted octanol–water partition coefficient (Wildman–Crippen LogP) is -0.653. The number of aliphatic hydroxyl groups is 1. The first-order valence-corrected chi connectivity index (χ1v) is 6.76. The molecule has 1 aliphatic heterocycles. The summed E-state index contributed by atoms with van der Waals surface area (Å²) in [4.78, 5) is 13.2. The summed E-state index contributed by atoms with van der Waals surface area (Å²) in [6.45, 7) is 0.491. The van der Waals surface area contributed by atoms with Gasteiger partial charge in [0.15, 0.2) is 5.76 Å². The average Bonchev–Trinajstić information content (AvgIpc) is 2.73. The second-order valence-corrected chi connectivity index (χ2v) is 6.35. The van der Waals surface area contributed by atoms with Crippen molar-refractivity contribution in [2.24, 2.45) is 0 Å². The van der Waals surface area contributed by atoms with Gasteiger partial charge in [-0.15, -0.1) is 0 Å². The Balaban J connectivity index is 2.19. The maximum atomic E-state index is 11.8. The Kier molecular flexibility index (Phi) is 3.18. The van der Waals surface area contributed by atoms with E-state index in [2.05, 4.69) is 0 Å². The van der Waals surface area contributed by atoms with Crippen LogP contribution in [0.4, 0.5) is 0 Å². The first-order valence-electron chi connectivity index (χ1n) is 5.32. The minimum atomic E-state index is -3.67. The molecule has 1 aliphatic rings. The van der Waals surface area contributed by atoms with E-state index in [0.29, 0.717) is 0 Å². The standard InChI is InChI=1S/C10H14N2O5S/c1-11(2)18(15,16)9-4-3-8(17-9)10(14)12-5-7(13)6-12/h3-4,7,13H,5-6H2,1-2H3.